The Bertz CT molecular complexity index is 779. The zero-order valence-corrected chi connectivity index (χ0v) is 12.4. The minimum atomic E-state index is 0.0135. The molecule has 0 aliphatic heterocycles. The molecule has 0 saturated carbocycles. The van der Waals surface area contributed by atoms with Gasteiger partial charge in [0.25, 0.3) is 0 Å². The Balaban J connectivity index is 1.73. The fourth-order valence-corrected chi connectivity index (χ4v) is 2.25. The zero-order valence-electron chi connectivity index (χ0n) is 12.4. The normalized spacial score (nSPS) is 11.0. The van der Waals surface area contributed by atoms with E-state index in [4.69, 9.17) is 0 Å². The molecular formula is C20H17NO. The third-order valence-electron chi connectivity index (χ3n) is 3.56. The molecule has 3 aromatic rings. The molecule has 0 saturated heterocycles. The zero-order chi connectivity index (χ0) is 15.4. The molecule has 2 aromatic carbocycles. The van der Waals surface area contributed by atoms with Gasteiger partial charge in [-0.1, -0.05) is 35.9 Å². The first-order valence-electron chi connectivity index (χ1n) is 7.25. The average molecular weight is 287 g/mol. The molecule has 2 heteroatoms. The smallest absolute Gasteiger partial charge is 0.185 e. The maximum atomic E-state index is 12.2. The third kappa shape index (κ3) is 3.23. The second-order valence-electron chi connectivity index (χ2n) is 5.25. The quantitative estimate of drug-likeness (QED) is 0.504. The highest BCUT2D eigenvalue weighted by Crippen LogP contribution is 2.12. The maximum Gasteiger partial charge on any atom is 0.185 e. The number of carbonyl (C=O) groups is 1. The molecule has 1 aromatic heterocycles. The summed E-state index contributed by atoms with van der Waals surface area (Å²) in [6, 6.07) is 19.7. The number of hydrogen-bond donors (Lipinski definition) is 0. The molecule has 0 amide bonds. The molecule has 0 fully saturated rings. The van der Waals surface area contributed by atoms with Gasteiger partial charge in [-0.3, -0.25) is 4.79 Å². The van der Waals surface area contributed by atoms with Crippen molar-refractivity contribution in [1.29, 1.82) is 0 Å². The summed E-state index contributed by atoms with van der Waals surface area (Å²) in [5.74, 6) is 0.0135. The number of rotatable bonds is 4. The summed E-state index contributed by atoms with van der Waals surface area (Å²) in [7, 11) is 0. The Hall–Kier alpha value is -2.87. The van der Waals surface area contributed by atoms with Crippen LogP contribution >= 0.6 is 0 Å². The van der Waals surface area contributed by atoms with E-state index in [1.165, 1.54) is 5.56 Å². The Labute approximate surface area is 130 Å². The summed E-state index contributed by atoms with van der Waals surface area (Å²) in [6.07, 6.45) is 7.43. The first kappa shape index (κ1) is 14.1. The van der Waals surface area contributed by atoms with E-state index >= 15 is 0 Å². The lowest BCUT2D eigenvalue weighted by Crippen LogP contribution is -1.96. The lowest BCUT2D eigenvalue weighted by atomic mass is 10.1. The summed E-state index contributed by atoms with van der Waals surface area (Å²) in [5.41, 5.74) is 3.98. The Kier molecular flexibility index (Phi) is 4.01. The van der Waals surface area contributed by atoms with Gasteiger partial charge in [-0.05, 0) is 55.0 Å². The standard InChI is InChI=1S/C20H17NO/c1-16-4-6-17(7-5-16)8-13-20(22)18-9-11-19(12-10-18)21-14-2-3-15-21/h2-15H,1H3. The van der Waals surface area contributed by atoms with Crippen LogP contribution in [-0.4, -0.2) is 10.4 Å². The monoisotopic (exact) mass is 287 g/mol. The number of nitrogens with zero attached hydrogens (tertiary/aromatic N) is 1. The summed E-state index contributed by atoms with van der Waals surface area (Å²) in [5, 5.41) is 0. The van der Waals surface area contributed by atoms with Crippen LogP contribution in [0.1, 0.15) is 21.5 Å². The summed E-state index contributed by atoms with van der Waals surface area (Å²) in [6.45, 7) is 2.05. The van der Waals surface area contributed by atoms with E-state index < -0.39 is 0 Å². The van der Waals surface area contributed by atoms with Crippen molar-refractivity contribution in [3.05, 3.63) is 95.8 Å². The van der Waals surface area contributed by atoms with Gasteiger partial charge < -0.3 is 4.57 Å². The Morgan fingerprint density at radius 3 is 2.18 bits per heavy atom. The molecule has 0 spiro atoms. The van der Waals surface area contributed by atoms with Crippen molar-refractivity contribution >= 4 is 11.9 Å². The van der Waals surface area contributed by atoms with Crippen molar-refractivity contribution in [2.75, 3.05) is 0 Å². The van der Waals surface area contributed by atoms with Gasteiger partial charge in [-0.15, -0.1) is 0 Å². The summed E-state index contributed by atoms with van der Waals surface area (Å²) < 4.78 is 2.01. The van der Waals surface area contributed by atoms with Crippen LogP contribution in [0.2, 0.25) is 0 Å². The molecule has 3 rings (SSSR count). The highest BCUT2D eigenvalue weighted by molar-refractivity contribution is 6.06. The number of benzene rings is 2. The third-order valence-corrected chi connectivity index (χ3v) is 3.56. The number of aryl methyl sites for hydroxylation is 1. The van der Waals surface area contributed by atoms with Gasteiger partial charge in [0.15, 0.2) is 5.78 Å². The van der Waals surface area contributed by atoms with Crippen molar-refractivity contribution in [3.63, 3.8) is 0 Å². The average Bonchev–Trinajstić information content (AvgIpc) is 3.09. The van der Waals surface area contributed by atoms with Gasteiger partial charge in [-0.2, -0.15) is 0 Å². The molecule has 0 atom stereocenters. The predicted molar refractivity (Wildman–Crippen MR) is 90.3 cm³/mol. The van der Waals surface area contributed by atoms with Gasteiger partial charge in [0, 0.05) is 23.6 Å². The number of carbonyl (C=O) groups excluding carboxylic acids is 1. The molecule has 0 bridgehead atoms. The highest BCUT2D eigenvalue weighted by atomic mass is 16.1. The van der Waals surface area contributed by atoms with Crippen molar-refractivity contribution in [3.8, 4) is 5.69 Å². The van der Waals surface area contributed by atoms with Crippen LogP contribution in [0.3, 0.4) is 0 Å². The molecule has 2 nitrogen and oxygen atoms in total. The minimum absolute atomic E-state index is 0.0135. The summed E-state index contributed by atoms with van der Waals surface area (Å²) in [4.78, 5) is 12.2. The van der Waals surface area contributed by atoms with Gasteiger partial charge >= 0.3 is 0 Å². The van der Waals surface area contributed by atoms with E-state index in [1.54, 1.807) is 6.08 Å². The second-order valence-corrected chi connectivity index (χ2v) is 5.25. The SMILES string of the molecule is Cc1ccc(C=CC(=O)c2ccc(-n3cccc3)cc2)cc1. The van der Waals surface area contributed by atoms with Gasteiger partial charge in [0.1, 0.15) is 0 Å². The molecule has 0 N–H and O–H groups in total. The van der Waals surface area contributed by atoms with E-state index in [9.17, 15) is 4.79 Å². The lowest BCUT2D eigenvalue weighted by molar-refractivity contribution is 0.104. The van der Waals surface area contributed by atoms with E-state index in [0.717, 1.165) is 11.3 Å². The van der Waals surface area contributed by atoms with Crippen LogP contribution < -0.4 is 0 Å². The molecule has 0 unspecified atom stereocenters. The van der Waals surface area contributed by atoms with Crippen LogP contribution in [0.15, 0.2) is 79.1 Å². The second kappa shape index (κ2) is 6.27. The van der Waals surface area contributed by atoms with Crippen LogP contribution in [-0.2, 0) is 0 Å². The van der Waals surface area contributed by atoms with E-state index in [-0.39, 0.29) is 5.78 Å². The lowest BCUT2D eigenvalue weighted by Gasteiger charge is -2.03. The van der Waals surface area contributed by atoms with Gasteiger partial charge in [0.2, 0.25) is 0 Å². The van der Waals surface area contributed by atoms with E-state index in [1.807, 2.05) is 90.6 Å². The number of ketones is 1. The summed E-state index contributed by atoms with van der Waals surface area (Å²) >= 11 is 0. The molecule has 0 radical (unpaired) electrons. The van der Waals surface area contributed by atoms with Crippen LogP contribution in [0.4, 0.5) is 0 Å². The molecule has 0 aliphatic rings. The minimum Gasteiger partial charge on any atom is -0.324 e. The van der Waals surface area contributed by atoms with Crippen molar-refractivity contribution in [2.45, 2.75) is 6.92 Å². The number of allylic oxidation sites excluding steroid dienone is 1. The molecule has 0 aliphatic carbocycles. The number of aromatic nitrogens is 1. The molecule has 22 heavy (non-hydrogen) atoms. The number of hydrogen-bond acceptors (Lipinski definition) is 1. The fourth-order valence-electron chi connectivity index (χ4n) is 2.25. The van der Waals surface area contributed by atoms with Crippen molar-refractivity contribution < 1.29 is 4.79 Å². The topological polar surface area (TPSA) is 22.0 Å². The molecular weight excluding hydrogens is 270 g/mol. The first-order valence-corrected chi connectivity index (χ1v) is 7.25. The first-order chi connectivity index (χ1) is 10.7. The fraction of sp³-hybridized carbons (Fsp3) is 0.0500. The van der Waals surface area contributed by atoms with Crippen molar-refractivity contribution in [1.82, 2.24) is 4.57 Å². The maximum absolute atomic E-state index is 12.2. The van der Waals surface area contributed by atoms with Crippen LogP contribution in [0, 0.1) is 6.92 Å². The van der Waals surface area contributed by atoms with E-state index in [2.05, 4.69) is 0 Å². The predicted octanol–water partition coefficient (Wildman–Crippen LogP) is 4.68. The van der Waals surface area contributed by atoms with Gasteiger partial charge in [-0.25, -0.2) is 0 Å². The molecule has 108 valence electrons. The Morgan fingerprint density at radius 1 is 0.909 bits per heavy atom. The van der Waals surface area contributed by atoms with Crippen molar-refractivity contribution in [2.24, 2.45) is 0 Å². The largest absolute Gasteiger partial charge is 0.324 e. The van der Waals surface area contributed by atoms with Crippen LogP contribution in [0.25, 0.3) is 11.8 Å². The Morgan fingerprint density at radius 2 is 1.55 bits per heavy atom. The van der Waals surface area contributed by atoms with Crippen LogP contribution in [0.5, 0.6) is 0 Å². The van der Waals surface area contributed by atoms with Gasteiger partial charge in [0.05, 0.1) is 0 Å². The van der Waals surface area contributed by atoms with E-state index in [0.29, 0.717) is 5.56 Å². The highest BCUT2D eigenvalue weighted by Gasteiger charge is 2.02. The molecule has 1 heterocycles.